The van der Waals surface area contributed by atoms with Crippen molar-refractivity contribution >= 4 is 12.0 Å². The van der Waals surface area contributed by atoms with Gasteiger partial charge in [0.2, 0.25) is 0 Å². The van der Waals surface area contributed by atoms with Crippen LogP contribution in [-0.4, -0.2) is 56.9 Å². The van der Waals surface area contributed by atoms with Crippen molar-refractivity contribution < 1.29 is 32.9 Å². The van der Waals surface area contributed by atoms with E-state index >= 15 is 0 Å². The van der Waals surface area contributed by atoms with Crippen molar-refractivity contribution in [3.63, 3.8) is 0 Å². The lowest BCUT2D eigenvalue weighted by molar-refractivity contribution is -0.145. The Morgan fingerprint density at radius 2 is 1.81 bits per heavy atom. The number of hydrogen-bond donors (Lipinski definition) is 1. The Kier molecular flexibility index (Phi) is 7.17. The number of halogens is 1. The highest BCUT2D eigenvalue weighted by Gasteiger charge is 2.41. The molecule has 1 heterocycles. The molecule has 3 rings (SSSR count). The summed E-state index contributed by atoms with van der Waals surface area (Å²) in [5.74, 6) is 0.135. The van der Waals surface area contributed by atoms with Crippen molar-refractivity contribution in [2.75, 3.05) is 27.9 Å². The summed E-state index contributed by atoms with van der Waals surface area (Å²) in [5, 5.41) is 2.79. The molecule has 0 radical (unpaired) electrons. The molecule has 0 bridgehead atoms. The maximum atomic E-state index is 13.9. The number of rotatable bonds is 7. The summed E-state index contributed by atoms with van der Waals surface area (Å²) in [6.07, 6.45) is -0.349. The highest BCUT2D eigenvalue weighted by molar-refractivity contribution is 5.84. The third-order valence-corrected chi connectivity index (χ3v) is 5.02. The van der Waals surface area contributed by atoms with Crippen LogP contribution in [0.2, 0.25) is 0 Å². The van der Waals surface area contributed by atoms with E-state index < -0.39 is 30.0 Å². The van der Waals surface area contributed by atoms with Crippen LogP contribution < -0.4 is 19.5 Å². The molecule has 1 saturated heterocycles. The summed E-state index contributed by atoms with van der Waals surface area (Å²) in [5.41, 5.74) is 0.791. The molecule has 2 amide bonds. The second-order valence-corrected chi connectivity index (χ2v) is 6.95. The molecule has 1 N–H and O–H groups in total. The van der Waals surface area contributed by atoms with Crippen molar-refractivity contribution in [3.8, 4) is 17.2 Å². The number of urea groups is 1. The minimum atomic E-state index is -0.827. The Morgan fingerprint density at radius 3 is 2.48 bits per heavy atom. The van der Waals surface area contributed by atoms with Gasteiger partial charge in [-0.3, -0.25) is 0 Å². The highest BCUT2D eigenvalue weighted by Crippen LogP contribution is 2.28. The second kappa shape index (κ2) is 10.0. The van der Waals surface area contributed by atoms with Crippen molar-refractivity contribution in [1.82, 2.24) is 10.2 Å². The monoisotopic (exact) mass is 432 g/mol. The molecule has 2 aromatic rings. The zero-order valence-electron chi connectivity index (χ0n) is 17.6. The smallest absolute Gasteiger partial charge is 0.328 e. The third kappa shape index (κ3) is 5.17. The lowest BCUT2D eigenvalue weighted by atomic mass is 10.2. The first kappa shape index (κ1) is 22.2. The lowest BCUT2D eigenvalue weighted by Gasteiger charge is -2.22. The van der Waals surface area contributed by atoms with Gasteiger partial charge in [0.05, 0.1) is 27.9 Å². The van der Waals surface area contributed by atoms with Gasteiger partial charge in [-0.25, -0.2) is 14.0 Å². The lowest BCUT2D eigenvalue weighted by Crippen LogP contribution is -2.46. The van der Waals surface area contributed by atoms with Gasteiger partial charge in [-0.05, 0) is 29.8 Å². The number of nitrogens with one attached hydrogen (secondary N) is 1. The minimum absolute atomic E-state index is 0.0729. The van der Waals surface area contributed by atoms with Crippen LogP contribution in [0, 0.1) is 5.82 Å². The zero-order chi connectivity index (χ0) is 22.4. The van der Waals surface area contributed by atoms with Gasteiger partial charge >= 0.3 is 12.0 Å². The maximum Gasteiger partial charge on any atom is 0.328 e. The first-order valence-electron chi connectivity index (χ1n) is 9.71. The summed E-state index contributed by atoms with van der Waals surface area (Å²) in [7, 11) is 4.33. The molecular formula is C22H25FN2O6. The largest absolute Gasteiger partial charge is 0.493 e. The molecule has 1 aliphatic heterocycles. The standard InChI is InChI=1S/C22H25FN2O6/c1-28-19-9-8-14(10-20(19)29-2)12-24-22(27)25-13-15(11-17(25)21(26)30-3)31-18-7-5-4-6-16(18)23/h4-10,15,17H,11-13H2,1-3H3,(H,24,27)/t15-,17+/m0/s1. The molecule has 0 aliphatic carbocycles. The number of amides is 2. The fourth-order valence-electron chi connectivity index (χ4n) is 3.46. The second-order valence-electron chi connectivity index (χ2n) is 6.95. The molecule has 0 unspecified atom stereocenters. The molecule has 2 aromatic carbocycles. The van der Waals surface area contributed by atoms with Gasteiger partial charge in [0.15, 0.2) is 23.1 Å². The average molecular weight is 432 g/mol. The number of esters is 1. The third-order valence-electron chi connectivity index (χ3n) is 5.02. The Morgan fingerprint density at radius 1 is 1.06 bits per heavy atom. The van der Waals surface area contributed by atoms with E-state index in [9.17, 15) is 14.0 Å². The van der Waals surface area contributed by atoms with Crippen LogP contribution >= 0.6 is 0 Å². The van der Waals surface area contributed by atoms with E-state index in [0.717, 1.165) is 5.56 Å². The zero-order valence-corrected chi connectivity index (χ0v) is 17.6. The van der Waals surface area contributed by atoms with Crippen molar-refractivity contribution in [3.05, 3.63) is 53.8 Å². The van der Waals surface area contributed by atoms with E-state index in [1.165, 1.54) is 31.3 Å². The fraction of sp³-hybridized carbons (Fsp3) is 0.364. The molecule has 9 heteroatoms. The number of carbonyl (C=O) groups is 2. The number of ether oxygens (including phenoxy) is 4. The molecule has 2 atom stereocenters. The van der Waals surface area contributed by atoms with Gasteiger partial charge in [-0.1, -0.05) is 18.2 Å². The molecule has 8 nitrogen and oxygen atoms in total. The van der Waals surface area contributed by atoms with Crippen molar-refractivity contribution in [1.29, 1.82) is 0 Å². The minimum Gasteiger partial charge on any atom is -0.493 e. The van der Waals surface area contributed by atoms with Gasteiger partial charge in [0.25, 0.3) is 0 Å². The number of nitrogens with zero attached hydrogens (tertiary/aromatic N) is 1. The number of methoxy groups -OCH3 is 3. The predicted molar refractivity (Wildman–Crippen MR) is 110 cm³/mol. The van der Waals surface area contributed by atoms with Gasteiger partial charge in [-0.15, -0.1) is 0 Å². The van der Waals surface area contributed by atoms with Gasteiger partial charge < -0.3 is 29.2 Å². The van der Waals surface area contributed by atoms with E-state index in [-0.39, 0.29) is 25.3 Å². The Balaban J connectivity index is 1.67. The number of carbonyl (C=O) groups excluding carboxylic acids is 2. The molecule has 0 saturated carbocycles. The molecule has 0 spiro atoms. The van der Waals surface area contributed by atoms with Crippen LogP contribution in [-0.2, 0) is 16.1 Å². The number of likely N-dealkylation sites (tertiary alicyclic amines) is 1. The van der Waals surface area contributed by atoms with Crippen molar-refractivity contribution in [2.24, 2.45) is 0 Å². The molecule has 1 aliphatic rings. The number of para-hydroxylation sites is 1. The average Bonchev–Trinajstić information content (AvgIpc) is 3.22. The van der Waals surface area contributed by atoms with Crippen LogP contribution in [0.4, 0.5) is 9.18 Å². The first-order chi connectivity index (χ1) is 15.0. The van der Waals surface area contributed by atoms with E-state index in [2.05, 4.69) is 5.32 Å². The summed E-state index contributed by atoms with van der Waals surface area (Å²) in [6.45, 7) is 0.328. The summed E-state index contributed by atoms with van der Waals surface area (Å²) in [4.78, 5) is 26.4. The highest BCUT2D eigenvalue weighted by atomic mass is 19.1. The van der Waals surface area contributed by atoms with E-state index in [1.807, 2.05) is 0 Å². The van der Waals surface area contributed by atoms with Crippen LogP contribution in [0.3, 0.4) is 0 Å². The predicted octanol–water partition coefficient (Wildman–Crippen LogP) is 2.75. The van der Waals surface area contributed by atoms with E-state index in [0.29, 0.717) is 11.5 Å². The molecule has 0 aromatic heterocycles. The van der Waals surface area contributed by atoms with Crippen LogP contribution in [0.1, 0.15) is 12.0 Å². The molecule has 166 valence electrons. The summed E-state index contributed by atoms with van der Waals surface area (Å²) >= 11 is 0. The van der Waals surface area contributed by atoms with Gasteiger partial charge in [0, 0.05) is 13.0 Å². The Hall–Kier alpha value is -3.49. The van der Waals surface area contributed by atoms with E-state index in [4.69, 9.17) is 18.9 Å². The number of benzene rings is 2. The van der Waals surface area contributed by atoms with Gasteiger partial charge in [0.1, 0.15) is 12.1 Å². The SMILES string of the molecule is COC(=O)[C@H]1C[C@H](Oc2ccccc2F)CN1C(=O)NCc1ccc(OC)c(OC)c1. The first-order valence-corrected chi connectivity index (χ1v) is 9.71. The van der Waals surface area contributed by atoms with Crippen LogP contribution in [0.15, 0.2) is 42.5 Å². The quantitative estimate of drug-likeness (QED) is 0.677. The molecule has 31 heavy (non-hydrogen) atoms. The van der Waals surface area contributed by atoms with Crippen LogP contribution in [0.5, 0.6) is 17.2 Å². The maximum absolute atomic E-state index is 13.9. The van der Waals surface area contributed by atoms with Gasteiger partial charge in [-0.2, -0.15) is 0 Å². The normalized spacial score (nSPS) is 17.7. The number of hydrogen-bond acceptors (Lipinski definition) is 6. The summed E-state index contributed by atoms with van der Waals surface area (Å²) < 4.78 is 34.9. The molecule has 1 fully saturated rings. The molecular weight excluding hydrogens is 407 g/mol. The van der Waals surface area contributed by atoms with E-state index in [1.54, 1.807) is 37.4 Å². The van der Waals surface area contributed by atoms with Crippen molar-refractivity contribution in [2.45, 2.75) is 25.1 Å². The van der Waals surface area contributed by atoms with Crippen LogP contribution in [0.25, 0.3) is 0 Å². The fourth-order valence-corrected chi connectivity index (χ4v) is 3.46. The summed E-state index contributed by atoms with van der Waals surface area (Å²) in [6, 6.07) is 10.0. The Bertz CT molecular complexity index is 938. The Labute approximate surface area is 179 Å². The topological polar surface area (TPSA) is 86.3 Å².